The number of hydrogen-bond acceptors (Lipinski definition) is 3. The van der Waals surface area contributed by atoms with Crippen LogP contribution in [-0.2, 0) is 9.53 Å². The quantitative estimate of drug-likeness (QED) is 0.839. The molecule has 92 valence electrons. The molecule has 1 N–H and O–H groups in total. The number of halogens is 2. The molecule has 1 amide bonds. The fraction of sp³-hybridized carbons (Fsp3) is 0.273. The van der Waals surface area contributed by atoms with Gasteiger partial charge in [-0.1, -0.05) is 11.6 Å². The molecular weight excluding hydrogens is 249 g/mol. The van der Waals surface area contributed by atoms with E-state index < -0.39 is 17.7 Å². The van der Waals surface area contributed by atoms with Gasteiger partial charge in [-0.2, -0.15) is 0 Å². The van der Waals surface area contributed by atoms with E-state index >= 15 is 0 Å². The zero-order chi connectivity index (χ0) is 12.8. The molecule has 17 heavy (non-hydrogen) atoms. The predicted molar refractivity (Wildman–Crippen MR) is 60.4 cm³/mol. The van der Waals surface area contributed by atoms with Gasteiger partial charge in [-0.05, 0) is 18.2 Å². The maximum Gasteiger partial charge on any atom is 0.307 e. The van der Waals surface area contributed by atoms with Gasteiger partial charge in [0.05, 0.1) is 19.1 Å². The molecule has 0 bridgehead atoms. The molecule has 4 nitrogen and oxygen atoms in total. The first-order valence-electron chi connectivity index (χ1n) is 4.84. The summed E-state index contributed by atoms with van der Waals surface area (Å²) >= 11 is 5.65. The maximum absolute atomic E-state index is 13.3. The highest BCUT2D eigenvalue weighted by Gasteiger charge is 2.12. The summed E-state index contributed by atoms with van der Waals surface area (Å²) in [5, 5.41) is 2.66. The third-order valence-corrected chi connectivity index (χ3v) is 2.25. The van der Waals surface area contributed by atoms with Crippen molar-refractivity contribution in [2.75, 3.05) is 13.7 Å². The van der Waals surface area contributed by atoms with Gasteiger partial charge in [0.25, 0.3) is 5.91 Å². The topological polar surface area (TPSA) is 55.4 Å². The van der Waals surface area contributed by atoms with Crippen LogP contribution in [0.4, 0.5) is 4.39 Å². The molecule has 6 heteroatoms. The molecule has 0 aliphatic rings. The lowest BCUT2D eigenvalue weighted by Crippen LogP contribution is -2.27. The molecule has 0 aliphatic carbocycles. The molecule has 0 atom stereocenters. The minimum Gasteiger partial charge on any atom is -0.469 e. The number of nitrogens with one attached hydrogen (secondary N) is 1. The van der Waals surface area contributed by atoms with E-state index in [1.165, 1.54) is 19.2 Å². The fourth-order valence-electron chi connectivity index (χ4n) is 1.15. The Morgan fingerprint density at radius 2 is 2.18 bits per heavy atom. The van der Waals surface area contributed by atoms with Crippen LogP contribution in [0.15, 0.2) is 18.2 Å². The van der Waals surface area contributed by atoms with E-state index in [0.717, 1.165) is 6.07 Å². The summed E-state index contributed by atoms with van der Waals surface area (Å²) < 4.78 is 17.7. The summed E-state index contributed by atoms with van der Waals surface area (Å²) in [6.07, 6.45) is 0.0322. The monoisotopic (exact) mass is 259 g/mol. The van der Waals surface area contributed by atoms with Crippen molar-refractivity contribution in [1.29, 1.82) is 0 Å². The molecule has 1 aromatic carbocycles. The summed E-state index contributed by atoms with van der Waals surface area (Å²) in [5.74, 6) is -1.73. The number of carbonyl (C=O) groups excluding carboxylic acids is 2. The van der Waals surface area contributed by atoms with Gasteiger partial charge in [0.15, 0.2) is 0 Å². The molecule has 0 saturated carbocycles. The van der Waals surface area contributed by atoms with Gasteiger partial charge in [0.1, 0.15) is 5.82 Å². The highest BCUT2D eigenvalue weighted by atomic mass is 35.5. The summed E-state index contributed by atoms with van der Waals surface area (Å²) in [6, 6.07) is 3.68. The summed E-state index contributed by atoms with van der Waals surface area (Å²) in [7, 11) is 1.25. The van der Waals surface area contributed by atoms with E-state index in [1.54, 1.807) is 0 Å². The van der Waals surface area contributed by atoms with Crippen molar-refractivity contribution < 1.29 is 18.7 Å². The molecule has 0 fully saturated rings. The third kappa shape index (κ3) is 4.03. The largest absolute Gasteiger partial charge is 0.469 e. The van der Waals surface area contributed by atoms with Gasteiger partial charge in [-0.15, -0.1) is 0 Å². The summed E-state index contributed by atoms with van der Waals surface area (Å²) in [4.78, 5) is 22.3. The molecule has 0 saturated heterocycles. The van der Waals surface area contributed by atoms with Gasteiger partial charge < -0.3 is 10.1 Å². The van der Waals surface area contributed by atoms with Crippen LogP contribution in [0, 0.1) is 5.82 Å². The fourth-order valence-corrected chi connectivity index (χ4v) is 1.32. The third-order valence-electron chi connectivity index (χ3n) is 2.02. The highest BCUT2D eigenvalue weighted by molar-refractivity contribution is 6.31. The average molecular weight is 260 g/mol. The molecule has 0 spiro atoms. The van der Waals surface area contributed by atoms with E-state index in [2.05, 4.69) is 10.1 Å². The van der Waals surface area contributed by atoms with Crippen molar-refractivity contribution in [3.63, 3.8) is 0 Å². The van der Waals surface area contributed by atoms with Crippen LogP contribution >= 0.6 is 11.6 Å². The van der Waals surface area contributed by atoms with Crippen LogP contribution in [-0.4, -0.2) is 25.5 Å². The van der Waals surface area contributed by atoms with Crippen molar-refractivity contribution in [2.24, 2.45) is 0 Å². The molecule has 1 aromatic rings. The van der Waals surface area contributed by atoms with E-state index in [0.29, 0.717) is 0 Å². The highest BCUT2D eigenvalue weighted by Crippen LogP contribution is 2.14. The molecule has 1 rings (SSSR count). The van der Waals surface area contributed by atoms with Crippen molar-refractivity contribution in [2.45, 2.75) is 6.42 Å². The van der Waals surface area contributed by atoms with E-state index in [1.807, 2.05) is 0 Å². The van der Waals surface area contributed by atoms with Gasteiger partial charge in [-0.25, -0.2) is 4.39 Å². The lowest BCUT2D eigenvalue weighted by atomic mass is 10.2. The first-order valence-corrected chi connectivity index (χ1v) is 5.22. The maximum atomic E-state index is 13.3. The Bertz CT molecular complexity index is 437. The zero-order valence-electron chi connectivity index (χ0n) is 9.13. The first-order chi connectivity index (χ1) is 8.04. The standard InChI is InChI=1S/C11H11ClFNO3/c1-17-10(15)4-5-14-11(16)8-6-7(12)2-3-9(8)13/h2-3,6H,4-5H2,1H3,(H,14,16). The molecule has 0 radical (unpaired) electrons. The molecule has 0 aliphatic heterocycles. The zero-order valence-corrected chi connectivity index (χ0v) is 9.88. The number of amides is 1. The number of carbonyl (C=O) groups is 2. The average Bonchev–Trinajstić information content (AvgIpc) is 2.31. The minimum absolute atomic E-state index is 0.0322. The number of hydrogen-bond donors (Lipinski definition) is 1. The molecular formula is C11H11ClFNO3. The summed E-state index contributed by atoms with van der Waals surface area (Å²) in [5.41, 5.74) is -0.151. The predicted octanol–water partition coefficient (Wildman–Crippen LogP) is 1.77. The Hall–Kier alpha value is -1.62. The second-order valence-corrected chi connectivity index (χ2v) is 3.64. The molecule has 0 unspecified atom stereocenters. The van der Waals surface area contributed by atoms with Gasteiger partial charge in [0, 0.05) is 11.6 Å². The number of esters is 1. The van der Waals surface area contributed by atoms with Crippen molar-refractivity contribution in [1.82, 2.24) is 5.32 Å². The Kier molecular flexibility index (Phi) is 4.90. The number of benzene rings is 1. The second kappa shape index (κ2) is 6.20. The Balaban J connectivity index is 2.58. The van der Waals surface area contributed by atoms with Crippen LogP contribution in [0.5, 0.6) is 0 Å². The molecule has 0 heterocycles. The minimum atomic E-state index is -0.662. The smallest absolute Gasteiger partial charge is 0.307 e. The Morgan fingerprint density at radius 3 is 2.82 bits per heavy atom. The summed E-state index contributed by atoms with van der Waals surface area (Å²) in [6.45, 7) is 0.0808. The van der Waals surface area contributed by atoms with Crippen LogP contribution in [0.25, 0.3) is 0 Å². The second-order valence-electron chi connectivity index (χ2n) is 3.21. The Labute approximate surface area is 103 Å². The molecule has 0 aromatic heterocycles. The van der Waals surface area contributed by atoms with Crippen LogP contribution in [0.3, 0.4) is 0 Å². The van der Waals surface area contributed by atoms with E-state index in [9.17, 15) is 14.0 Å². The van der Waals surface area contributed by atoms with Gasteiger partial charge in [-0.3, -0.25) is 9.59 Å². The van der Waals surface area contributed by atoms with E-state index in [4.69, 9.17) is 11.6 Å². The number of methoxy groups -OCH3 is 1. The first kappa shape index (κ1) is 13.4. The van der Waals surface area contributed by atoms with Crippen molar-refractivity contribution in [3.8, 4) is 0 Å². The van der Waals surface area contributed by atoms with Crippen molar-refractivity contribution >= 4 is 23.5 Å². The van der Waals surface area contributed by atoms with E-state index in [-0.39, 0.29) is 23.6 Å². The van der Waals surface area contributed by atoms with Crippen molar-refractivity contribution in [3.05, 3.63) is 34.6 Å². The Morgan fingerprint density at radius 1 is 1.47 bits per heavy atom. The van der Waals surface area contributed by atoms with Crippen LogP contribution < -0.4 is 5.32 Å². The van der Waals surface area contributed by atoms with Crippen LogP contribution in [0.2, 0.25) is 5.02 Å². The number of ether oxygens (including phenoxy) is 1. The van der Waals surface area contributed by atoms with Gasteiger partial charge >= 0.3 is 5.97 Å². The SMILES string of the molecule is COC(=O)CCNC(=O)c1cc(Cl)ccc1F. The lowest BCUT2D eigenvalue weighted by molar-refractivity contribution is -0.140. The number of rotatable bonds is 4. The van der Waals surface area contributed by atoms with Gasteiger partial charge in [0.2, 0.25) is 0 Å². The lowest BCUT2D eigenvalue weighted by Gasteiger charge is -2.05. The van der Waals surface area contributed by atoms with Crippen LogP contribution in [0.1, 0.15) is 16.8 Å². The normalized spacial score (nSPS) is 9.82.